The van der Waals surface area contributed by atoms with Crippen LogP contribution in [0.2, 0.25) is 0 Å². The second-order valence-electron chi connectivity index (χ2n) is 9.00. The van der Waals surface area contributed by atoms with Crippen LogP contribution in [0.25, 0.3) is 0 Å². The maximum atomic E-state index is 12.8. The Balaban J connectivity index is 1.23. The lowest BCUT2D eigenvalue weighted by Gasteiger charge is -2.32. The van der Waals surface area contributed by atoms with Crippen LogP contribution < -0.4 is 5.32 Å². The summed E-state index contributed by atoms with van der Waals surface area (Å²) in [6, 6.07) is 8.87. The van der Waals surface area contributed by atoms with E-state index in [0.29, 0.717) is 38.3 Å². The van der Waals surface area contributed by atoms with Crippen LogP contribution >= 0.6 is 0 Å². The van der Waals surface area contributed by atoms with Crippen molar-refractivity contribution in [2.45, 2.75) is 64.1 Å². The molecular weight excluding hydrogens is 382 g/mol. The number of urea groups is 1. The normalized spacial score (nSPS) is 27.7. The SMILES string of the molecule is CC1CC(CCC(=O)CNC(=O)[C@@H]2CCC3CN2C(=O)N3OCc2ccccc2)C1. The van der Waals surface area contributed by atoms with Gasteiger partial charge in [-0.15, -0.1) is 0 Å². The molecule has 1 aromatic carbocycles. The predicted molar refractivity (Wildman–Crippen MR) is 111 cm³/mol. The van der Waals surface area contributed by atoms with Crippen molar-refractivity contribution in [3.63, 3.8) is 0 Å². The molecule has 2 atom stereocenters. The van der Waals surface area contributed by atoms with Gasteiger partial charge in [-0.2, -0.15) is 5.06 Å². The maximum Gasteiger partial charge on any atom is 0.345 e. The quantitative estimate of drug-likeness (QED) is 0.675. The number of hydroxylamine groups is 2. The zero-order chi connectivity index (χ0) is 21.1. The van der Waals surface area contributed by atoms with Crippen molar-refractivity contribution < 1.29 is 19.2 Å². The fourth-order valence-corrected chi connectivity index (χ4v) is 4.85. The van der Waals surface area contributed by atoms with E-state index in [2.05, 4.69) is 12.2 Å². The zero-order valence-electron chi connectivity index (χ0n) is 17.6. The van der Waals surface area contributed by atoms with Crippen LogP contribution in [0.5, 0.6) is 0 Å². The zero-order valence-corrected chi connectivity index (χ0v) is 17.6. The molecule has 3 aliphatic rings. The van der Waals surface area contributed by atoms with Crippen LogP contribution in [0, 0.1) is 11.8 Å². The molecule has 7 nitrogen and oxygen atoms in total. The van der Waals surface area contributed by atoms with Crippen molar-refractivity contribution in [2.24, 2.45) is 11.8 Å². The molecule has 1 N–H and O–H groups in total. The lowest BCUT2D eigenvalue weighted by atomic mass is 9.74. The van der Waals surface area contributed by atoms with Gasteiger partial charge in [-0.25, -0.2) is 4.79 Å². The lowest BCUT2D eigenvalue weighted by Crippen LogP contribution is -2.50. The van der Waals surface area contributed by atoms with E-state index in [1.807, 2.05) is 30.3 Å². The molecule has 2 bridgehead atoms. The molecule has 1 unspecified atom stereocenters. The number of nitrogens with one attached hydrogen (secondary N) is 1. The first-order valence-electron chi connectivity index (χ1n) is 11.1. The van der Waals surface area contributed by atoms with Crippen LogP contribution in [0.1, 0.15) is 51.0 Å². The van der Waals surface area contributed by atoms with Gasteiger partial charge in [0.2, 0.25) is 5.91 Å². The van der Waals surface area contributed by atoms with Crippen LogP contribution in [-0.4, -0.2) is 52.9 Å². The summed E-state index contributed by atoms with van der Waals surface area (Å²) in [4.78, 5) is 44.9. The van der Waals surface area contributed by atoms with E-state index >= 15 is 0 Å². The van der Waals surface area contributed by atoms with Crippen LogP contribution in [0.3, 0.4) is 0 Å². The largest absolute Gasteiger partial charge is 0.347 e. The van der Waals surface area contributed by atoms with Gasteiger partial charge in [-0.3, -0.25) is 14.4 Å². The molecule has 162 valence electrons. The third-order valence-electron chi connectivity index (χ3n) is 6.60. The second kappa shape index (κ2) is 9.16. The highest BCUT2D eigenvalue weighted by Gasteiger charge is 2.47. The number of nitrogens with zero attached hydrogens (tertiary/aromatic N) is 2. The molecule has 2 aliphatic heterocycles. The molecule has 1 aliphatic carbocycles. The number of benzene rings is 1. The number of carbonyl (C=O) groups is 3. The summed E-state index contributed by atoms with van der Waals surface area (Å²) in [5, 5.41) is 4.18. The molecule has 4 rings (SSSR count). The smallest absolute Gasteiger partial charge is 0.345 e. The highest BCUT2D eigenvalue weighted by atomic mass is 16.7. The van der Waals surface area contributed by atoms with Gasteiger partial charge < -0.3 is 10.2 Å². The monoisotopic (exact) mass is 413 g/mol. The summed E-state index contributed by atoms with van der Waals surface area (Å²) in [6.07, 6.45) is 5.16. The van der Waals surface area contributed by atoms with Crippen molar-refractivity contribution in [3.05, 3.63) is 35.9 Å². The Morgan fingerprint density at radius 2 is 1.93 bits per heavy atom. The number of piperidine rings is 1. The van der Waals surface area contributed by atoms with E-state index in [9.17, 15) is 14.4 Å². The Labute approximate surface area is 177 Å². The Morgan fingerprint density at radius 1 is 1.17 bits per heavy atom. The van der Waals surface area contributed by atoms with E-state index in [1.54, 1.807) is 4.90 Å². The standard InChI is InChI=1S/C23H31N3O4/c1-16-11-18(12-16)7-9-20(27)13-24-22(28)21-10-8-19-14-25(21)23(29)26(19)30-15-17-5-3-2-4-6-17/h2-6,16,18-19,21H,7-15H2,1H3,(H,24,28)/t16?,18?,19?,21-/m0/s1. The average molecular weight is 414 g/mol. The topological polar surface area (TPSA) is 79.0 Å². The van der Waals surface area contributed by atoms with E-state index in [1.165, 1.54) is 17.9 Å². The molecule has 1 aromatic rings. The van der Waals surface area contributed by atoms with Gasteiger partial charge in [0.25, 0.3) is 0 Å². The summed E-state index contributed by atoms with van der Waals surface area (Å²) in [5.74, 6) is 1.28. The lowest BCUT2D eigenvalue weighted by molar-refractivity contribution is -0.140. The minimum absolute atomic E-state index is 0.0308. The minimum Gasteiger partial charge on any atom is -0.347 e. The van der Waals surface area contributed by atoms with Gasteiger partial charge in [-0.05, 0) is 49.5 Å². The fraction of sp³-hybridized carbons (Fsp3) is 0.609. The number of hydrogen-bond acceptors (Lipinski definition) is 4. The molecule has 30 heavy (non-hydrogen) atoms. The molecule has 3 fully saturated rings. The average Bonchev–Trinajstić information content (AvgIpc) is 2.97. The van der Waals surface area contributed by atoms with Crippen LogP contribution in [0.4, 0.5) is 4.79 Å². The van der Waals surface area contributed by atoms with Gasteiger partial charge in [0.05, 0.1) is 12.6 Å². The predicted octanol–water partition coefficient (Wildman–Crippen LogP) is 2.90. The second-order valence-corrected chi connectivity index (χ2v) is 9.00. The first-order chi connectivity index (χ1) is 14.5. The molecular formula is C23H31N3O4. The molecule has 3 amide bonds. The summed E-state index contributed by atoms with van der Waals surface area (Å²) in [7, 11) is 0. The molecule has 7 heteroatoms. The number of amides is 3. The van der Waals surface area contributed by atoms with Gasteiger partial charge in [-0.1, -0.05) is 37.3 Å². The number of Topliss-reactive ketones (excluding diaryl/α,β-unsaturated/α-hetero) is 1. The molecule has 0 aromatic heterocycles. The van der Waals surface area contributed by atoms with Crippen molar-refractivity contribution in [1.29, 1.82) is 0 Å². The maximum absolute atomic E-state index is 12.8. The number of ketones is 1. The van der Waals surface area contributed by atoms with E-state index in [0.717, 1.165) is 17.9 Å². The Hall–Kier alpha value is -2.41. The Kier molecular flexibility index (Phi) is 6.37. The van der Waals surface area contributed by atoms with Crippen molar-refractivity contribution in [3.8, 4) is 0 Å². The first kappa shape index (κ1) is 20.8. The molecule has 1 saturated carbocycles. The third-order valence-corrected chi connectivity index (χ3v) is 6.60. The van der Waals surface area contributed by atoms with Gasteiger partial charge in [0.1, 0.15) is 12.6 Å². The van der Waals surface area contributed by atoms with Crippen molar-refractivity contribution in [2.75, 3.05) is 13.1 Å². The Morgan fingerprint density at radius 3 is 2.67 bits per heavy atom. The third kappa shape index (κ3) is 4.67. The summed E-state index contributed by atoms with van der Waals surface area (Å²) < 4.78 is 0. The number of carbonyl (C=O) groups excluding carboxylic acids is 3. The van der Waals surface area contributed by atoms with Gasteiger partial charge >= 0.3 is 6.03 Å². The van der Waals surface area contributed by atoms with Crippen molar-refractivity contribution >= 4 is 17.7 Å². The molecule has 2 saturated heterocycles. The molecule has 2 heterocycles. The Bertz CT molecular complexity index is 778. The molecule has 0 radical (unpaired) electrons. The fourth-order valence-electron chi connectivity index (χ4n) is 4.85. The van der Waals surface area contributed by atoms with E-state index < -0.39 is 6.04 Å². The van der Waals surface area contributed by atoms with Gasteiger partial charge in [0, 0.05) is 13.0 Å². The van der Waals surface area contributed by atoms with Crippen LogP contribution in [-0.2, 0) is 21.0 Å². The summed E-state index contributed by atoms with van der Waals surface area (Å²) >= 11 is 0. The van der Waals surface area contributed by atoms with E-state index in [4.69, 9.17) is 4.84 Å². The first-order valence-corrected chi connectivity index (χ1v) is 11.1. The molecule has 0 spiro atoms. The number of fused-ring (bicyclic) bond motifs is 2. The van der Waals surface area contributed by atoms with Crippen LogP contribution in [0.15, 0.2) is 30.3 Å². The number of hydrogen-bond donors (Lipinski definition) is 1. The van der Waals surface area contributed by atoms with E-state index in [-0.39, 0.29) is 30.3 Å². The highest BCUT2D eigenvalue weighted by Crippen LogP contribution is 2.36. The highest BCUT2D eigenvalue weighted by molar-refractivity contribution is 5.91. The minimum atomic E-state index is -0.528. The van der Waals surface area contributed by atoms with Gasteiger partial charge in [0.15, 0.2) is 5.78 Å². The summed E-state index contributed by atoms with van der Waals surface area (Å²) in [6.45, 7) is 3.10. The summed E-state index contributed by atoms with van der Waals surface area (Å²) in [5.41, 5.74) is 0.992. The number of rotatable bonds is 9. The van der Waals surface area contributed by atoms with Crippen molar-refractivity contribution in [1.82, 2.24) is 15.3 Å².